The Bertz CT molecular complexity index is 1020. The molecule has 0 spiro atoms. The van der Waals surface area contributed by atoms with E-state index in [1.165, 1.54) is 11.1 Å². The highest BCUT2D eigenvalue weighted by Crippen LogP contribution is 2.22. The molecule has 6 nitrogen and oxygen atoms in total. The molecule has 0 saturated carbocycles. The maximum atomic E-state index is 13.2. The molecule has 1 saturated heterocycles. The van der Waals surface area contributed by atoms with Gasteiger partial charge in [-0.25, -0.2) is 0 Å². The summed E-state index contributed by atoms with van der Waals surface area (Å²) in [6, 6.07) is 12.7. The number of rotatable bonds is 9. The maximum Gasteiger partial charge on any atom is 0.223 e. The topological polar surface area (TPSA) is 54.3 Å². The summed E-state index contributed by atoms with van der Waals surface area (Å²) in [4.78, 5) is 22.1. The van der Waals surface area contributed by atoms with Crippen LogP contribution in [0, 0.1) is 12.8 Å². The van der Waals surface area contributed by atoms with Crippen molar-refractivity contribution in [3.05, 3.63) is 83.4 Å². The van der Waals surface area contributed by atoms with Gasteiger partial charge in [0.15, 0.2) is 0 Å². The number of aryl methyl sites for hydroxylation is 3. The number of carbonyl (C=O) groups is 1. The van der Waals surface area contributed by atoms with Crippen molar-refractivity contribution in [2.24, 2.45) is 13.0 Å². The van der Waals surface area contributed by atoms with Crippen LogP contribution in [0.4, 0.5) is 0 Å². The maximum absolute atomic E-state index is 13.2. The average Bonchev–Trinajstić information content (AvgIpc) is 3.25. The molecule has 4 rings (SSSR count). The van der Waals surface area contributed by atoms with E-state index in [1.807, 2.05) is 31.7 Å². The fourth-order valence-corrected chi connectivity index (χ4v) is 4.64. The van der Waals surface area contributed by atoms with Crippen molar-refractivity contribution in [1.82, 2.24) is 24.6 Å². The van der Waals surface area contributed by atoms with Crippen molar-refractivity contribution in [2.75, 3.05) is 19.6 Å². The Morgan fingerprint density at radius 3 is 2.61 bits per heavy atom. The van der Waals surface area contributed by atoms with Gasteiger partial charge >= 0.3 is 0 Å². The van der Waals surface area contributed by atoms with Crippen LogP contribution in [0.25, 0.3) is 0 Å². The van der Waals surface area contributed by atoms with Gasteiger partial charge in [-0.15, -0.1) is 0 Å². The highest BCUT2D eigenvalue weighted by atomic mass is 16.2. The molecule has 1 aliphatic heterocycles. The molecular formula is C27H35N5O. The van der Waals surface area contributed by atoms with Gasteiger partial charge in [0.25, 0.3) is 0 Å². The van der Waals surface area contributed by atoms with Gasteiger partial charge in [0, 0.05) is 51.7 Å². The molecule has 0 unspecified atom stereocenters. The van der Waals surface area contributed by atoms with Crippen molar-refractivity contribution in [1.29, 1.82) is 0 Å². The first-order chi connectivity index (χ1) is 16.1. The molecule has 2 aromatic heterocycles. The van der Waals surface area contributed by atoms with Crippen molar-refractivity contribution in [3.63, 3.8) is 0 Å². The summed E-state index contributed by atoms with van der Waals surface area (Å²) in [6.07, 6.45) is 11.0. The first-order valence-corrected chi connectivity index (χ1v) is 12.0. The molecule has 33 heavy (non-hydrogen) atoms. The summed E-state index contributed by atoms with van der Waals surface area (Å²) < 4.78 is 1.79. The quantitative estimate of drug-likeness (QED) is 0.500. The third-order valence-electron chi connectivity index (χ3n) is 6.68. The molecule has 6 heteroatoms. The summed E-state index contributed by atoms with van der Waals surface area (Å²) in [5.74, 6) is 0.752. The second kappa shape index (κ2) is 11.2. The zero-order valence-electron chi connectivity index (χ0n) is 19.9. The Morgan fingerprint density at radius 2 is 1.91 bits per heavy atom. The third kappa shape index (κ3) is 6.75. The van der Waals surface area contributed by atoms with Gasteiger partial charge in [-0.1, -0.05) is 30.3 Å². The van der Waals surface area contributed by atoms with Crippen molar-refractivity contribution >= 4 is 5.91 Å². The van der Waals surface area contributed by atoms with E-state index < -0.39 is 0 Å². The fraction of sp³-hybridized carbons (Fsp3) is 0.444. The van der Waals surface area contributed by atoms with Crippen LogP contribution < -0.4 is 0 Å². The predicted octanol–water partition coefficient (Wildman–Crippen LogP) is 4.00. The monoisotopic (exact) mass is 445 g/mol. The van der Waals surface area contributed by atoms with Crippen LogP contribution in [-0.2, 0) is 31.4 Å². The SMILES string of the molecule is Cc1ccccc1CN1CCC(CN(Cc2cccnc2)C(=O)CCc2cnn(C)c2)CC1. The smallest absolute Gasteiger partial charge is 0.223 e. The predicted molar refractivity (Wildman–Crippen MR) is 130 cm³/mol. The minimum atomic E-state index is 0.213. The van der Waals surface area contributed by atoms with Crippen LogP contribution in [0.5, 0.6) is 0 Å². The number of benzene rings is 1. The van der Waals surface area contributed by atoms with Crippen molar-refractivity contribution in [3.8, 4) is 0 Å². The highest BCUT2D eigenvalue weighted by Gasteiger charge is 2.24. The number of hydrogen-bond acceptors (Lipinski definition) is 4. The Kier molecular flexibility index (Phi) is 7.89. The van der Waals surface area contributed by atoms with E-state index in [1.54, 1.807) is 10.9 Å². The number of piperidine rings is 1. The van der Waals surface area contributed by atoms with E-state index in [-0.39, 0.29) is 5.91 Å². The second-order valence-electron chi connectivity index (χ2n) is 9.30. The number of likely N-dealkylation sites (tertiary alicyclic amines) is 1. The largest absolute Gasteiger partial charge is 0.338 e. The van der Waals surface area contributed by atoms with Gasteiger partial charge in [0.1, 0.15) is 0 Å². The summed E-state index contributed by atoms with van der Waals surface area (Å²) in [5, 5.41) is 4.22. The van der Waals surface area contributed by atoms with Crippen LogP contribution in [0.3, 0.4) is 0 Å². The standard InChI is InChI=1S/C27H35N5O/c1-22-6-3-4-8-26(22)21-31-14-11-23(12-15-31)19-32(20-24-7-5-13-28-16-24)27(33)10-9-25-17-29-30(2)18-25/h3-8,13,16-18,23H,9-12,14-15,19-21H2,1-2H3. The fourth-order valence-electron chi connectivity index (χ4n) is 4.64. The minimum Gasteiger partial charge on any atom is -0.338 e. The lowest BCUT2D eigenvalue weighted by Gasteiger charge is -2.35. The lowest BCUT2D eigenvalue weighted by atomic mass is 9.95. The highest BCUT2D eigenvalue weighted by molar-refractivity contribution is 5.76. The molecule has 0 radical (unpaired) electrons. The van der Waals surface area contributed by atoms with Crippen molar-refractivity contribution in [2.45, 2.75) is 45.7 Å². The van der Waals surface area contributed by atoms with Gasteiger partial charge in [-0.05, 0) is 73.5 Å². The van der Waals surface area contributed by atoms with Crippen LogP contribution >= 0.6 is 0 Å². The van der Waals surface area contributed by atoms with Gasteiger partial charge in [-0.2, -0.15) is 5.10 Å². The number of amides is 1. The van der Waals surface area contributed by atoms with E-state index in [2.05, 4.69) is 57.1 Å². The molecule has 3 heterocycles. The summed E-state index contributed by atoms with van der Waals surface area (Å²) >= 11 is 0. The number of hydrogen-bond donors (Lipinski definition) is 0. The number of aromatic nitrogens is 3. The number of carbonyl (C=O) groups excluding carboxylic acids is 1. The Hall–Kier alpha value is -2.99. The molecule has 0 bridgehead atoms. The van der Waals surface area contributed by atoms with E-state index >= 15 is 0 Å². The third-order valence-corrected chi connectivity index (χ3v) is 6.68. The van der Waals surface area contributed by atoms with Crippen LogP contribution in [0.2, 0.25) is 0 Å². The van der Waals surface area contributed by atoms with E-state index in [0.29, 0.717) is 18.9 Å². The molecule has 1 aromatic carbocycles. The number of nitrogens with zero attached hydrogens (tertiary/aromatic N) is 5. The van der Waals surface area contributed by atoms with Crippen molar-refractivity contribution < 1.29 is 4.79 Å². The molecule has 174 valence electrons. The van der Waals surface area contributed by atoms with Crippen LogP contribution in [-0.4, -0.2) is 50.1 Å². The van der Waals surface area contributed by atoms with Gasteiger partial charge in [0.2, 0.25) is 5.91 Å². The molecule has 1 fully saturated rings. The van der Waals surface area contributed by atoms with E-state index in [0.717, 1.165) is 56.6 Å². The van der Waals surface area contributed by atoms with E-state index in [9.17, 15) is 4.79 Å². The molecule has 0 aliphatic carbocycles. The molecule has 0 atom stereocenters. The van der Waals surface area contributed by atoms with Gasteiger partial charge < -0.3 is 4.90 Å². The molecule has 3 aromatic rings. The second-order valence-corrected chi connectivity index (χ2v) is 9.30. The lowest BCUT2D eigenvalue weighted by Crippen LogP contribution is -2.40. The minimum absolute atomic E-state index is 0.213. The summed E-state index contributed by atoms with van der Waals surface area (Å²) in [6.45, 7) is 6.83. The molecule has 1 amide bonds. The Balaban J connectivity index is 1.33. The Morgan fingerprint density at radius 1 is 1.09 bits per heavy atom. The van der Waals surface area contributed by atoms with E-state index in [4.69, 9.17) is 0 Å². The molecule has 0 N–H and O–H groups in total. The summed E-state index contributed by atoms with van der Waals surface area (Å²) in [5.41, 5.74) is 4.97. The lowest BCUT2D eigenvalue weighted by molar-refractivity contribution is -0.132. The van der Waals surface area contributed by atoms with Crippen LogP contribution in [0.1, 0.15) is 41.5 Å². The summed E-state index contributed by atoms with van der Waals surface area (Å²) in [7, 11) is 1.91. The number of pyridine rings is 1. The van der Waals surface area contributed by atoms with Crippen LogP contribution in [0.15, 0.2) is 61.2 Å². The normalized spacial score (nSPS) is 15.0. The average molecular weight is 446 g/mol. The van der Waals surface area contributed by atoms with Gasteiger partial charge in [-0.3, -0.25) is 19.4 Å². The zero-order valence-corrected chi connectivity index (χ0v) is 19.9. The first kappa shape index (κ1) is 23.2. The molecule has 1 aliphatic rings. The van der Waals surface area contributed by atoms with Gasteiger partial charge in [0.05, 0.1) is 6.20 Å². The molecular weight excluding hydrogens is 410 g/mol. The zero-order chi connectivity index (χ0) is 23.0. The Labute approximate surface area is 197 Å². The first-order valence-electron chi connectivity index (χ1n) is 12.0.